The van der Waals surface area contributed by atoms with Crippen LogP contribution < -0.4 is 0 Å². The van der Waals surface area contributed by atoms with Crippen LogP contribution in [0.5, 0.6) is 0 Å². The van der Waals surface area contributed by atoms with Gasteiger partial charge >= 0.3 is 0 Å². The van der Waals surface area contributed by atoms with Crippen LogP contribution in [0.1, 0.15) is 0 Å². The van der Waals surface area contributed by atoms with Crippen molar-refractivity contribution in [3.8, 4) is 0 Å². The molecule has 0 rings (SSSR count). The smallest absolute Gasteiger partial charge is 0.246 e. The molecule has 0 spiro atoms. The normalized spacial score (nSPS) is 10.6. The van der Waals surface area contributed by atoms with E-state index < -0.39 is 10.0 Å². The van der Waals surface area contributed by atoms with Crippen LogP contribution in [-0.4, -0.2) is 19.0 Å². The van der Waals surface area contributed by atoms with Crippen LogP contribution in [-0.2, 0) is 35.3 Å². The van der Waals surface area contributed by atoms with Crippen LogP contribution in [0.4, 0.5) is 0 Å². The fraction of sp³-hybridized carbons (Fsp3) is 0.500. The highest BCUT2D eigenvalue weighted by atomic mass is 32.2. The second-order valence-electron chi connectivity index (χ2n) is 1.09. The van der Waals surface area contributed by atoms with Crippen LogP contribution in [0.2, 0.25) is 0 Å². The van der Waals surface area contributed by atoms with Crippen molar-refractivity contribution in [3.63, 3.8) is 0 Å². The molecule has 8 heavy (non-hydrogen) atoms. The van der Waals surface area contributed by atoms with Gasteiger partial charge in [0, 0.05) is 0 Å². The average molecular weight is 169 g/mol. The largest absolute Gasteiger partial charge is 0.788 e. The van der Waals surface area contributed by atoms with E-state index in [4.69, 9.17) is 0 Å². The minimum Gasteiger partial charge on any atom is -0.788 e. The van der Waals surface area contributed by atoms with E-state index in [-0.39, 0.29) is 4.38 Å². The van der Waals surface area contributed by atoms with E-state index in [1.54, 1.807) is 0 Å². The molecule has 0 saturated heterocycles. The van der Waals surface area contributed by atoms with Crippen LogP contribution in [0.15, 0.2) is 4.40 Å². The molecule has 0 radical (unpaired) electrons. The summed E-state index contributed by atoms with van der Waals surface area (Å²) in [5, 5.41) is 0. The molecule has 0 aliphatic heterocycles. The first-order valence-electron chi connectivity index (χ1n) is 1.56. The van der Waals surface area contributed by atoms with Crippen molar-refractivity contribution in [2.45, 2.75) is 0 Å². The molecule has 0 aliphatic rings. The summed E-state index contributed by atoms with van der Waals surface area (Å²) < 4.78 is 22.9. The van der Waals surface area contributed by atoms with Gasteiger partial charge in [0.05, 0.1) is 6.26 Å². The zero-order chi connectivity index (χ0) is 6.78. The van der Waals surface area contributed by atoms with Gasteiger partial charge in [-0.2, -0.15) is 0 Å². The van der Waals surface area contributed by atoms with E-state index in [1.165, 1.54) is 0 Å². The number of sulfonamides is 1. The molecule has 0 heterocycles. The average Bonchev–Trinajstić information content (AvgIpc) is 1.21. The minimum atomic E-state index is -3.34. The second-order valence-corrected chi connectivity index (χ2v) is 3.77. The Kier molecular flexibility index (Phi) is 2.58. The van der Waals surface area contributed by atoms with Gasteiger partial charge in [0.15, 0.2) is 0 Å². The van der Waals surface area contributed by atoms with Crippen molar-refractivity contribution in [1.82, 2.24) is 0 Å². The molecule has 0 unspecified atom stereocenters. The molecule has 3 nitrogen and oxygen atoms in total. The SMILES string of the molecule is CS(=O)(=O)N=C([S-])[S-]. The molecule has 0 bridgehead atoms. The van der Waals surface area contributed by atoms with E-state index in [0.29, 0.717) is 0 Å². The lowest BCUT2D eigenvalue weighted by Crippen LogP contribution is -1.94. The lowest BCUT2D eigenvalue weighted by atomic mass is 11.7. The van der Waals surface area contributed by atoms with Gasteiger partial charge in [-0.15, -0.1) is 0 Å². The fourth-order valence-corrected chi connectivity index (χ4v) is 1.22. The summed E-state index contributed by atoms with van der Waals surface area (Å²) in [5.74, 6) is 0. The van der Waals surface area contributed by atoms with Crippen LogP contribution in [0, 0.1) is 0 Å². The van der Waals surface area contributed by atoms with Crippen molar-refractivity contribution >= 4 is 39.7 Å². The number of hydrogen-bond acceptors (Lipinski definition) is 4. The highest BCUT2D eigenvalue weighted by Gasteiger charge is 1.87. The highest BCUT2D eigenvalue weighted by Crippen LogP contribution is 1.83. The molecule has 0 atom stereocenters. The first kappa shape index (κ1) is 8.06. The minimum absolute atomic E-state index is 0.271. The summed E-state index contributed by atoms with van der Waals surface area (Å²) in [6, 6.07) is 0. The maximum Gasteiger partial charge on any atom is 0.246 e. The zero-order valence-electron chi connectivity index (χ0n) is 3.99. The molecule has 0 amide bonds. The Bertz CT molecular complexity index is 187. The standard InChI is InChI=1S/C2H5NO2S3/c1-8(4,5)3-2(6)7/h1H3,(H2,3,6,7)/p-2. The van der Waals surface area contributed by atoms with E-state index in [0.717, 1.165) is 6.26 Å². The number of rotatable bonds is 1. The third-order valence-electron chi connectivity index (χ3n) is 0.240. The summed E-state index contributed by atoms with van der Waals surface area (Å²) in [4.78, 5) is 0. The quantitative estimate of drug-likeness (QED) is 0.299. The molecule has 0 aromatic heterocycles. The van der Waals surface area contributed by atoms with Gasteiger partial charge < -0.3 is 25.3 Å². The topological polar surface area (TPSA) is 46.5 Å². The Morgan fingerprint density at radius 2 is 1.88 bits per heavy atom. The molecule has 48 valence electrons. The molecule has 6 heteroatoms. The fourth-order valence-electron chi connectivity index (χ4n) is 0.135. The zero-order valence-corrected chi connectivity index (χ0v) is 6.44. The van der Waals surface area contributed by atoms with Gasteiger partial charge in [-0.3, -0.25) is 0 Å². The van der Waals surface area contributed by atoms with Gasteiger partial charge in [-0.25, -0.2) is 17.2 Å². The van der Waals surface area contributed by atoms with Gasteiger partial charge in [-0.1, -0.05) is 0 Å². The second kappa shape index (κ2) is 2.56. The van der Waals surface area contributed by atoms with Crippen molar-refractivity contribution in [1.29, 1.82) is 0 Å². The van der Waals surface area contributed by atoms with E-state index in [9.17, 15) is 8.42 Å². The van der Waals surface area contributed by atoms with Crippen molar-refractivity contribution in [2.24, 2.45) is 4.40 Å². The van der Waals surface area contributed by atoms with Crippen molar-refractivity contribution < 1.29 is 8.42 Å². The molecular formula is C2H3NO2S3-2. The predicted octanol–water partition coefficient (Wildman–Crippen LogP) is -0.604. The number of hydrogen-bond donors (Lipinski definition) is 0. The maximum atomic E-state index is 10.1. The van der Waals surface area contributed by atoms with Crippen LogP contribution >= 0.6 is 0 Å². The lowest BCUT2D eigenvalue weighted by molar-refractivity contribution is 0.604. The Morgan fingerprint density at radius 1 is 1.50 bits per heavy atom. The van der Waals surface area contributed by atoms with Gasteiger partial charge in [0.2, 0.25) is 10.0 Å². The molecule has 0 saturated carbocycles. The Balaban J connectivity index is 4.36. The summed E-state index contributed by atoms with van der Waals surface area (Å²) in [6.07, 6.45) is 0.936. The van der Waals surface area contributed by atoms with Crippen LogP contribution in [0.25, 0.3) is 0 Å². The monoisotopic (exact) mass is 169 g/mol. The van der Waals surface area contributed by atoms with E-state index >= 15 is 0 Å². The van der Waals surface area contributed by atoms with Crippen molar-refractivity contribution in [3.05, 3.63) is 0 Å². The molecule has 0 aliphatic carbocycles. The maximum absolute atomic E-state index is 10.1. The summed E-state index contributed by atoms with van der Waals surface area (Å²) >= 11 is 8.43. The third-order valence-corrected chi connectivity index (χ3v) is 1.17. The molecule has 0 N–H and O–H groups in total. The first-order chi connectivity index (χ1) is 3.42. The highest BCUT2D eigenvalue weighted by molar-refractivity contribution is 8.06. The van der Waals surface area contributed by atoms with Gasteiger partial charge in [0.1, 0.15) is 0 Å². The van der Waals surface area contributed by atoms with Crippen molar-refractivity contribution in [2.75, 3.05) is 6.26 Å². The Morgan fingerprint density at radius 3 is 1.88 bits per heavy atom. The lowest BCUT2D eigenvalue weighted by Gasteiger charge is -2.13. The molecule has 0 aromatic carbocycles. The summed E-state index contributed by atoms with van der Waals surface area (Å²) in [5.41, 5.74) is 0. The Hall–Kier alpha value is 0.0600. The first-order valence-corrected chi connectivity index (χ1v) is 4.22. The molecule has 0 aromatic rings. The Labute approximate surface area is 59.1 Å². The van der Waals surface area contributed by atoms with Crippen LogP contribution in [0.3, 0.4) is 0 Å². The molecular weight excluding hydrogens is 166 g/mol. The van der Waals surface area contributed by atoms with Gasteiger partial charge in [-0.05, 0) is 0 Å². The predicted molar refractivity (Wildman–Crippen MR) is 37.0 cm³/mol. The number of nitrogens with zero attached hydrogens (tertiary/aromatic N) is 1. The van der Waals surface area contributed by atoms with E-state index in [2.05, 4.69) is 29.7 Å². The van der Waals surface area contributed by atoms with Gasteiger partial charge in [0.25, 0.3) is 0 Å². The molecule has 0 fully saturated rings. The summed E-state index contributed by atoms with van der Waals surface area (Å²) in [6.45, 7) is 0. The summed E-state index contributed by atoms with van der Waals surface area (Å²) in [7, 11) is -3.34. The van der Waals surface area contributed by atoms with E-state index in [1.807, 2.05) is 0 Å². The third kappa shape index (κ3) is 6.06.